The molecular formula is C15H19NO3S. The Labute approximate surface area is 122 Å². The van der Waals surface area contributed by atoms with Crippen molar-refractivity contribution in [3.63, 3.8) is 0 Å². The van der Waals surface area contributed by atoms with E-state index in [1.807, 2.05) is 32.0 Å². The highest BCUT2D eigenvalue weighted by atomic mass is 32.1. The van der Waals surface area contributed by atoms with E-state index in [0.29, 0.717) is 6.42 Å². The van der Waals surface area contributed by atoms with Crippen LogP contribution in [0.4, 0.5) is 0 Å². The van der Waals surface area contributed by atoms with E-state index < -0.39 is 11.4 Å². The maximum atomic E-state index is 11.5. The molecule has 0 bridgehead atoms. The SMILES string of the molecule is COc1ccc2nc(CC(C)(C(=O)O)C(C)C)sc2c1. The fourth-order valence-electron chi connectivity index (χ4n) is 2.00. The molecule has 1 heterocycles. The molecule has 0 amide bonds. The number of aliphatic carboxylic acids is 1. The van der Waals surface area contributed by atoms with Gasteiger partial charge in [-0.2, -0.15) is 0 Å². The van der Waals surface area contributed by atoms with Crippen molar-refractivity contribution in [2.75, 3.05) is 7.11 Å². The molecule has 1 N–H and O–H groups in total. The summed E-state index contributed by atoms with van der Waals surface area (Å²) in [5.74, 6) is 0.0587. The van der Waals surface area contributed by atoms with Crippen LogP contribution < -0.4 is 4.74 Å². The maximum absolute atomic E-state index is 11.5. The van der Waals surface area contributed by atoms with Gasteiger partial charge in [0, 0.05) is 6.42 Å². The summed E-state index contributed by atoms with van der Waals surface area (Å²) in [6.45, 7) is 5.65. The third kappa shape index (κ3) is 2.63. The maximum Gasteiger partial charge on any atom is 0.310 e. The van der Waals surface area contributed by atoms with Gasteiger partial charge in [-0.1, -0.05) is 13.8 Å². The number of ether oxygens (including phenoxy) is 1. The van der Waals surface area contributed by atoms with Crippen molar-refractivity contribution < 1.29 is 14.6 Å². The van der Waals surface area contributed by atoms with Crippen LogP contribution in [-0.2, 0) is 11.2 Å². The first kappa shape index (κ1) is 14.8. The van der Waals surface area contributed by atoms with E-state index in [1.165, 1.54) is 11.3 Å². The van der Waals surface area contributed by atoms with Gasteiger partial charge >= 0.3 is 5.97 Å². The van der Waals surface area contributed by atoms with E-state index in [4.69, 9.17) is 4.74 Å². The molecule has 4 nitrogen and oxygen atoms in total. The van der Waals surface area contributed by atoms with Gasteiger partial charge in [-0.05, 0) is 31.0 Å². The summed E-state index contributed by atoms with van der Waals surface area (Å²) in [6, 6.07) is 5.70. The summed E-state index contributed by atoms with van der Waals surface area (Å²) in [6.07, 6.45) is 0.446. The molecule has 0 aliphatic rings. The fraction of sp³-hybridized carbons (Fsp3) is 0.467. The van der Waals surface area contributed by atoms with Crippen molar-refractivity contribution in [3.05, 3.63) is 23.2 Å². The van der Waals surface area contributed by atoms with Crippen LogP contribution in [0, 0.1) is 11.3 Å². The number of thiazole rings is 1. The molecule has 0 aliphatic carbocycles. The predicted molar refractivity (Wildman–Crippen MR) is 80.5 cm³/mol. The molecule has 1 unspecified atom stereocenters. The van der Waals surface area contributed by atoms with E-state index >= 15 is 0 Å². The van der Waals surface area contributed by atoms with Crippen molar-refractivity contribution in [1.29, 1.82) is 0 Å². The zero-order valence-electron chi connectivity index (χ0n) is 12.1. The van der Waals surface area contributed by atoms with Crippen LogP contribution in [0.3, 0.4) is 0 Å². The lowest BCUT2D eigenvalue weighted by atomic mass is 9.76. The fourth-order valence-corrected chi connectivity index (χ4v) is 3.16. The van der Waals surface area contributed by atoms with E-state index in [0.717, 1.165) is 21.0 Å². The van der Waals surface area contributed by atoms with Crippen LogP contribution in [0.25, 0.3) is 10.2 Å². The second-order valence-electron chi connectivity index (χ2n) is 5.50. The van der Waals surface area contributed by atoms with Crippen molar-refractivity contribution in [3.8, 4) is 5.75 Å². The Kier molecular flexibility index (Phi) is 3.99. The number of nitrogens with zero attached hydrogens (tertiary/aromatic N) is 1. The highest BCUT2D eigenvalue weighted by Gasteiger charge is 2.37. The lowest BCUT2D eigenvalue weighted by Crippen LogP contribution is -2.35. The number of rotatable bonds is 5. The summed E-state index contributed by atoms with van der Waals surface area (Å²) in [7, 11) is 1.63. The predicted octanol–water partition coefficient (Wildman–Crippen LogP) is 3.59. The van der Waals surface area contributed by atoms with Crippen LogP contribution in [0.2, 0.25) is 0 Å². The molecule has 0 saturated carbocycles. The van der Waals surface area contributed by atoms with Gasteiger partial charge in [0.05, 0.1) is 27.7 Å². The van der Waals surface area contributed by atoms with Gasteiger partial charge in [-0.15, -0.1) is 11.3 Å². The van der Waals surface area contributed by atoms with Crippen molar-refractivity contribution in [2.45, 2.75) is 27.2 Å². The summed E-state index contributed by atoms with van der Waals surface area (Å²) < 4.78 is 6.22. The molecule has 0 radical (unpaired) electrons. The smallest absolute Gasteiger partial charge is 0.310 e. The molecule has 0 spiro atoms. The van der Waals surface area contributed by atoms with E-state index in [1.54, 1.807) is 14.0 Å². The Hall–Kier alpha value is -1.62. The first-order valence-corrected chi connectivity index (χ1v) is 7.35. The monoisotopic (exact) mass is 293 g/mol. The number of methoxy groups -OCH3 is 1. The lowest BCUT2D eigenvalue weighted by molar-refractivity contribution is -0.150. The Bertz CT molecular complexity index is 635. The molecule has 2 rings (SSSR count). The average Bonchev–Trinajstić information content (AvgIpc) is 2.78. The first-order valence-electron chi connectivity index (χ1n) is 6.53. The first-order chi connectivity index (χ1) is 9.36. The summed E-state index contributed by atoms with van der Waals surface area (Å²) in [5.41, 5.74) is 0.0973. The second kappa shape index (κ2) is 5.40. The number of carboxylic acids is 1. The lowest BCUT2D eigenvalue weighted by Gasteiger charge is -2.27. The third-order valence-electron chi connectivity index (χ3n) is 3.92. The highest BCUT2D eigenvalue weighted by molar-refractivity contribution is 7.18. The number of aromatic nitrogens is 1. The molecule has 20 heavy (non-hydrogen) atoms. The van der Waals surface area contributed by atoms with Gasteiger partial charge in [-0.3, -0.25) is 4.79 Å². The zero-order valence-corrected chi connectivity index (χ0v) is 13.0. The molecule has 1 atom stereocenters. The number of hydrogen-bond acceptors (Lipinski definition) is 4. The molecular weight excluding hydrogens is 274 g/mol. The van der Waals surface area contributed by atoms with Gasteiger partial charge in [0.15, 0.2) is 0 Å². The standard InChI is InChI=1S/C15H19NO3S/c1-9(2)15(3,14(17)18)8-13-16-11-6-5-10(19-4)7-12(11)20-13/h5-7,9H,8H2,1-4H3,(H,17,18). The van der Waals surface area contributed by atoms with Gasteiger partial charge < -0.3 is 9.84 Å². The minimum Gasteiger partial charge on any atom is -0.497 e. The number of carbonyl (C=O) groups is 1. The van der Waals surface area contributed by atoms with E-state index in [9.17, 15) is 9.90 Å². The topological polar surface area (TPSA) is 59.4 Å². The van der Waals surface area contributed by atoms with Crippen molar-refractivity contribution in [2.24, 2.45) is 11.3 Å². The Morgan fingerprint density at radius 3 is 2.75 bits per heavy atom. The number of fused-ring (bicyclic) bond motifs is 1. The molecule has 0 fully saturated rings. The van der Waals surface area contributed by atoms with Crippen LogP contribution in [0.15, 0.2) is 18.2 Å². The molecule has 0 saturated heterocycles. The summed E-state index contributed by atoms with van der Waals surface area (Å²) in [4.78, 5) is 16.1. The molecule has 2 aromatic rings. The van der Waals surface area contributed by atoms with Gasteiger partial charge in [0.25, 0.3) is 0 Å². The molecule has 1 aromatic carbocycles. The Balaban J connectivity index is 2.36. The Morgan fingerprint density at radius 2 is 2.20 bits per heavy atom. The van der Waals surface area contributed by atoms with Crippen LogP contribution in [-0.4, -0.2) is 23.2 Å². The average molecular weight is 293 g/mol. The van der Waals surface area contributed by atoms with Crippen LogP contribution >= 0.6 is 11.3 Å². The quantitative estimate of drug-likeness (QED) is 0.915. The summed E-state index contributed by atoms with van der Waals surface area (Å²) >= 11 is 1.53. The van der Waals surface area contributed by atoms with Crippen LogP contribution in [0.5, 0.6) is 5.75 Å². The van der Waals surface area contributed by atoms with E-state index in [-0.39, 0.29) is 5.92 Å². The normalized spacial score (nSPS) is 14.4. The molecule has 5 heteroatoms. The zero-order chi connectivity index (χ0) is 14.9. The number of carboxylic acid groups (broad SMARTS) is 1. The number of benzene rings is 1. The molecule has 1 aromatic heterocycles. The van der Waals surface area contributed by atoms with Gasteiger partial charge in [0.1, 0.15) is 5.75 Å². The minimum absolute atomic E-state index is 0.0431. The van der Waals surface area contributed by atoms with E-state index in [2.05, 4.69) is 4.98 Å². The Morgan fingerprint density at radius 1 is 1.50 bits per heavy atom. The third-order valence-corrected chi connectivity index (χ3v) is 4.94. The molecule has 108 valence electrons. The minimum atomic E-state index is -0.794. The van der Waals surface area contributed by atoms with Crippen molar-refractivity contribution in [1.82, 2.24) is 4.98 Å². The van der Waals surface area contributed by atoms with Crippen LogP contribution in [0.1, 0.15) is 25.8 Å². The van der Waals surface area contributed by atoms with Crippen molar-refractivity contribution >= 4 is 27.5 Å². The largest absolute Gasteiger partial charge is 0.497 e. The number of hydrogen-bond donors (Lipinski definition) is 1. The van der Waals surface area contributed by atoms with Gasteiger partial charge in [-0.25, -0.2) is 4.98 Å². The second-order valence-corrected chi connectivity index (χ2v) is 6.61. The summed E-state index contributed by atoms with van der Waals surface area (Å²) in [5, 5.41) is 10.3. The highest BCUT2D eigenvalue weighted by Crippen LogP contribution is 2.35. The van der Waals surface area contributed by atoms with Gasteiger partial charge in [0.2, 0.25) is 0 Å². The molecule has 0 aliphatic heterocycles.